The van der Waals surface area contributed by atoms with Crippen LogP contribution in [0.15, 0.2) is 49.1 Å². The van der Waals surface area contributed by atoms with Crippen molar-refractivity contribution in [1.29, 1.82) is 0 Å². The van der Waals surface area contributed by atoms with Gasteiger partial charge in [-0.1, -0.05) is 43.0 Å². The number of rotatable bonds is 3. The second kappa shape index (κ2) is 4.86. The Morgan fingerprint density at radius 1 is 1.35 bits per heavy atom. The van der Waals surface area contributed by atoms with Crippen LogP contribution in [0.1, 0.15) is 19.4 Å². The van der Waals surface area contributed by atoms with Crippen molar-refractivity contribution in [2.24, 2.45) is 0 Å². The van der Waals surface area contributed by atoms with E-state index >= 15 is 0 Å². The number of benzene rings is 1. The molecule has 90 valence electrons. The molecule has 0 aromatic heterocycles. The van der Waals surface area contributed by atoms with Crippen molar-refractivity contribution < 1.29 is 9.47 Å². The van der Waals surface area contributed by atoms with Gasteiger partial charge in [-0.25, -0.2) is 0 Å². The van der Waals surface area contributed by atoms with Crippen molar-refractivity contribution >= 4 is 5.57 Å². The SMILES string of the molecule is C=C/C(=C\[C@H]1COC(C)(C)O1)c1ccccc1. The zero-order valence-electron chi connectivity index (χ0n) is 10.3. The summed E-state index contributed by atoms with van der Waals surface area (Å²) in [5.74, 6) is -0.482. The lowest BCUT2D eigenvalue weighted by Crippen LogP contribution is -2.20. The topological polar surface area (TPSA) is 18.5 Å². The molecule has 17 heavy (non-hydrogen) atoms. The quantitative estimate of drug-likeness (QED) is 0.741. The second-order valence-corrected chi connectivity index (χ2v) is 4.56. The third-order valence-electron chi connectivity index (χ3n) is 2.72. The van der Waals surface area contributed by atoms with Gasteiger partial charge in [0.2, 0.25) is 0 Å². The van der Waals surface area contributed by atoms with E-state index in [0.29, 0.717) is 6.61 Å². The van der Waals surface area contributed by atoms with E-state index in [4.69, 9.17) is 9.47 Å². The van der Waals surface area contributed by atoms with E-state index in [0.717, 1.165) is 11.1 Å². The van der Waals surface area contributed by atoms with Crippen molar-refractivity contribution in [3.63, 3.8) is 0 Å². The first kappa shape index (κ1) is 12.1. The molecule has 0 spiro atoms. The summed E-state index contributed by atoms with van der Waals surface area (Å²) in [4.78, 5) is 0. The summed E-state index contributed by atoms with van der Waals surface area (Å²) in [6, 6.07) is 10.2. The van der Waals surface area contributed by atoms with Gasteiger partial charge < -0.3 is 9.47 Å². The van der Waals surface area contributed by atoms with Gasteiger partial charge in [0.15, 0.2) is 5.79 Å². The lowest BCUT2D eigenvalue weighted by molar-refractivity contribution is -0.133. The van der Waals surface area contributed by atoms with E-state index < -0.39 is 5.79 Å². The second-order valence-electron chi connectivity index (χ2n) is 4.56. The van der Waals surface area contributed by atoms with Crippen LogP contribution in [-0.4, -0.2) is 18.5 Å². The van der Waals surface area contributed by atoms with Gasteiger partial charge in [-0.05, 0) is 31.1 Å². The maximum absolute atomic E-state index is 5.76. The van der Waals surface area contributed by atoms with Crippen LogP contribution in [0, 0.1) is 0 Å². The fourth-order valence-corrected chi connectivity index (χ4v) is 1.91. The van der Waals surface area contributed by atoms with Crippen molar-refractivity contribution in [1.82, 2.24) is 0 Å². The Bertz CT molecular complexity index is 418. The molecule has 2 heteroatoms. The van der Waals surface area contributed by atoms with E-state index in [-0.39, 0.29) is 6.10 Å². The molecule has 1 atom stereocenters. The van der Waals surface area contributed by atoms with Gasteiger partial charge in [0.05, 0.1) is 6.61 Å². The molecule has 1 aromatic carbocycles. The van der Waals surface area contributed by atoms with Gasteiger partial charge in [-0.2, -0.15) is 0 Å². The molecule has 1 fully saturated rings. The Hall–Kier alpha value is -1.38. The summed E-state index contributed by atoms with van der Waals surface area (Å²) < 4.78 is 11.3. The molecule has 0 radical (unpaired) electrons. The first-order valence-corrected chi connectivity index (χ1v) is 5.82. The smallest absolute Gasteiger partial charge is 0.163 e. The maximum atomic E-state index is 5.76. The molecule has 1 aromatic rings. The summed E-state index contributed by atoms with van der Waals surface area (Å²) >= 11 is 0. The Balaban J connectivity index is 2.17. The van der Waals surface area contributed by atoms with Crippen LogP contribution in [-0.2, 0) is 9.47 Å². The van der Waals surface area contributed by atoms with Crippen molar-refractivity contribution in [2.45, 2.75) is 25.7 Å². The monoisotopic (exact) mass is 230 g/mol. The highest BCUT2D eigenvalue weighted by molar-refractivity contribution is 5.73. The van der Waals surface area contributed by atoms with Crippen LogP contribution in [0.3, 0.4) is 0 Å². The molecule has 2 nitrogen and oxygen atoms in total. The number of ether oxygens (including phenoxy) is 2. The average molecular weight is 230 g/mol. The molecule has 1 saturated heterocycles. The van der Waals surface area contributed by atoms with Crippen molar-refractivity contribution in [3.8, 4) is 0 Å². The fraction of sp³-hybridized carbons (Fsp3) is 0.333. The predicted molar refractivity (Wildman–Crippen MR) is 69.5 cm³/mol. The van der Waals surface area contributed by atoms with E-state index in [1.54, 1.807) is 0 Å². The maximum Gasteiger partial charge on any atom is 0.163 e. The first-order chi connectivity index (χ1) is 8.11. The Morgan fingerprint density at radius 3 is 2.59 bits per heavy atom. The van der Waals surface area contributed by atoms with Crippen LogP contribution < -0.4 is 0 Å². The Morgan fingerprint density at radius 2 is 2.06 bits per heavy atom. The molecule has 2 rings (SSSR count). The molecule has 1 heterocycles. The number of allylic oxidation sites excluding steroid dienone is 2. The molecule has 0 saturated carbocycles. The van der Waals surface area contributed by atoms with Gasteiger partial charge in [-0.3, -0.25) is 0 Å². The van der Waals surface area contributed by atoms with Gasteiger partial charge in [0.1, 0.15) is 6.10 Å². The van der Waals surface area contributed by atoms with Crippen LogP contribution in [0.25, 0.3) is 5.57 Å². The molecule has 0 unspecified atom stereocenters. The molecule has 1 aliphatic heterocycles. The summed E-state index contributed by atoms with van der Waals surface area (Å²) in [6.45, 7) is 8.30. The zero-order valence-corrected chi connectivity index (χ0v) is 10.3. The van der Waals surface area contributed by atoms with Crippen LogP contribution in [0.2, 0.25) is 0 Å². The first-order valence-electron chi connectivity index (χ1n) is 5.82. The normalized spacial score (nSPS) is 23.6. The minimum atomic E-state index is -0.482. The predicted octanol–water partition coefficient (Wildman–Crippen LogP) is 3.41. The third kappa shape index (κ3) is 3.05. The molecule has 1 aliphatic rings. The Labute approximate surface area is 103 Å². The van der Waals surface area contributed by atoms with Crippen molar-refractivity contribution in [2.75, 3.05) is 6.61 Å². The summed E-state index contributed by atoms with van der Waals surface area (Å²) in [5.41, 5.74) is 2.23. The van der Waals surface area contributed by atoms with Gasteiger partial charge in [0.25, 0.3) is 0 Å². The molecule has 0 amide bonds. The lowest BCUT2D eigenvalue weighted by atomic mass is 10.0. The highest BCUT2D eigenvalue weighted by Gasteiger charge is 2.31. The minimum Gasteiger partial charge on any atom is -0.347 e. The average Bonchev–Trinajstić information content (AvgIpc) is 2.67. The van der Waals surface area contributed by atoms with Crippen molar-refractivity contribution in [3.05, 3.63) is 54.6 Å². The van der Waals surface area contributed by atoms with Gasteiger partial charge >= 0.3 is 0 Å². The van der Waals surface area contributed by atoms with Crippen LogP contribution in [0.4, 0.5) is 0 Å². The fourth-order valence-electron chi connectivity index (χ4n) is 1.91. The van der Waals surface area contributed by atoms with E-state index in [2.05, 4.69) is 24.8 Å². The van der Waals surface area contributed by atoms with Crippen LogP contribution in [0.5, 0.6) is 0 Å². The molecule has 0 N–H and O–H groups in total. The number of hydrogen-bond acceptors (Lipinski definition) is 2. The standard InChI is InChI=1S/C15H18O2/c1-4-12(13-8-6-5-7-9-13)10-14-11-16-15(2,3)17-14/h4-10,14H,1,11H2,2-3H3/b12-10+/t14-/m0/s1. The highest BCUT2D eigenvalue weighted by atomic mass is 16.7. The largest absolute Gasteiger partial charge is 0.347 e. The molecule has 0 aliphatic carbocycles. The third-order valence-corrected chi connectivity index (χ3v) is 2.72. The summed E-state index contributed by atoms with van der Waals surface area (Å²) in [7, 11) is 0. The van der Waals surface area contributed by atoms with E-state index in [9.17, 15) is 0 Å². The molecular formula is C15H18O2. The van der Waals surface area contributed by atoms with Gasteiger partial charge in [0, 0.05) is 0 Å². The van der Waals surface area contributed by atoms with E-state index in [1.165, 1.54) is 0 Å². The highest BCUT2D eigenvalue weighted by Crippen LogP contribution is 2.25. The minimum absolute atomic E-state index is 0.00166. The molecule has 0 bridgehead atoms. The molecular weight excluding hydrogens is 212 g/mol. The number of hydrogen-bond donors (Lipinski definition) is 0. The van der Waals surface area contributed by atoms with E-state index in [1.807, 2.05) is 38.1 Å². The summed E-state index contributed by atoms with van der Waals surface area (Å²) in [5, 5.41) is 0. The zero-order chi connectivity index (χ0) is 12.3. The Kier molecular flexibility index (Phi) is 3.46. The van der Waals surface area contributed by atoms with Crippen LogP contribution >= 0.6 is 0 Å². The summed E-state index contributed by atoms with van der Waals surface area (Å²) in [6.07, 6.45) is 3.92. The lowest BCUT2D eigenvalue weighted by Gasteiger charge is -2.16. The van der Waals surface area contributed by atoms with Gasteiger partial charge in [-0.15, -0.1) is 0 Å².